The Hall–Kier alpha value is -0.590. The highest BCUT2D eigenvalue weighted by molar-refractivity contribution is 5.89. The topological polar surface area (TPSA) is 17.1 Å². The third-order valence-electron chi connectivity index (χ3n) is 1.74. The quantitative estimate of drug-likeness (QED) is 0.589. The van der Waals surface area contributed by atoms with Gasteiger partial charge in [-0.2, -0.15) is 0 Å². The smallest absolute Gasteiger partial charge is 0.155 e. The Morgan fingerprint density at radius 2 is 2.00 bits per heavy atom. The summed E-state index contributed by atoms with van der Waals surface area (Å²) in [6.07, 6.45) is 3.15. The number of hydrogen-bond acceptors (Lipinski definition) is 1. The maximum atomic E-state index is 11.0. The lowest BCUT2D eigenvalue weighted by atomic mass is 9.83. The minimum atomic E-state index is 0.159. The van der Waals surface area contributed by atoms with Crippen LogP contribution in [0.1, 0.15) is 40.5 Å². The van der Waals surface area contributed by atoms with Gasteiger partial charge in [0.05, 0.1) is 0 Å². The maximum Gasteiger partial charge on any atom is 0.155 e. The van der Waals surface area contributed by atoms with E-state index in [1.807, 2.05) is 0 Å². The van der Waals surface area contributed by atoms with E-state index < -0.39 is 0 Å². The third kappa shape index (κ3) is 6.14. The van der Waals surface area contributed by atoms with Crippen LogP contribution in [0, 0.1) is 11.3 Å². The molecular weight excluding hydrogens is 148 g/mol. The van der Waals surface area contributed by atoms with Crippen molar-refractivity contribution >= 4 is 5.78 Å². The van der Waals surface area contributed by atoms with Gasteiger partial charge >= 0.3 is 0 Å². The van der Waals surface area contributed by atoms with Crippen LogP contribution in [-0.4, -0.2) is 5.78 Å². The van der Waals surface area contributed by atoms with Crippen molar-refractivity contribution in [1.82, 2.24) is 0 Å². The molecule has 0 aromatic carbocycles. The molecule has 70 valence electrons. The largest absolute Gasteiger partial charge is 0.295 e. The molecule has 0 aromatic heterocycles. The molecule has 0 bridgehead atoms. The van der Waals surface area contributed by atoms with E-state index in [2.05, 4.69) is 34.3 Å². The molecule has 0 saturated carbocycles. The molecular formula is C11H20O. The Balaban J connectivity index is 3.82. The molecule has 0 radical (unpaired) electrons. The van der Waals surface area contributed by atoms with Crippen LogP contribution in [-0.2, 0) is 4.79 Å². The highest BCUT2D eigenvalue weighted by Gasteiger charge is 2.16. The molecule has 1 nitrogen and oxygen atoms in total. The Labute approximate surface area is 75.9 Å². The van der Waals surface area contributed by atoms with Gasteiger partial charge in [-0.1, -0.05) is 34.3 Å². The highest BCUT2D eigenvalue weighted by Crippen LogP contribution is 2.25. The van der Waals surface area contributed by atoms with Crippen LogP contribution < -0.4 is 0 Å². The van der Waals surface area contributed by atoms with Gasteiger partial charge in [0, 0.05) is 6.42 Å². The van der Waals surface area contributed by atoms with Gasteiger partial charge in [0.1, 0.15) is 0 Å². The van der Waals surface area contributed by atoms with Gasteiger partial charge in [-0.3, -0.25) is 4.79 Å². The summed E-state index contributed by atoms with van der Waals surface area (Å²) in [5.41, 5.74) is 0.320. The summed E-state index contributed by atoms with van der Waals surface area (Å²) < 4.78 is 0. The van der Waals surface area contributed by atoms with E-state index in [9.17, 15) is 4.79 Å². The number of hydrogen-bond donors (Lipinski definition) is 0. The van der Waals surface area contributed by atoms with Crippen LogP contribution in [0.2, 0.25) is 0 Å². The predicted octanol–water partition coefficient (Wildman–Crippen LogP) is 3.20. The fourth-order valence-electron chi connectivity index (χ4n) is 1.54. The van der Waals surface area contributed by atoms with E-state index >= 15 is 0 Å². The number of allylic oxidation sites excluding steroid dienone is 1. The van der Waals surface area contributed by atoms with Gasteiger partial charge in [0.2, 0.25) is 0 Å². The average molecular weight is 168 g/mol. The molecule has 0 saturated heterocycles. The number of rotatable bonds is 4. The van der Waals surface area contributed by atoms with Crippen LogP contribution in [0.5, 0.6) is 0 Å². The molecule has 0 N–H and O–H groups in total. The molecule has 12 heavy (non-hydrogen) atoms. The van der Waals surface area contributed by atoms with Gasteiger partial charge in [-0.25, -0.2) is 0 Å². The third-order valence-corrected chi connectivity index (χ3v) is 1.74. The second-order valence-corrected chi connectivity index (χ2v) is 4.74. The average Bonchev–Trinajstić information content (AvgIpc) is 1.82. The first-order valence-corrected chi connectivity index (χ1v) is 4.50. The second kappa shape index (κ2) is 4.44. The van der Waals surface area contributed by atoms with Crippen molar-refractivity contribution in [2.45, 2.75) is 40.5 Å². The normalized spacial score (nSPS) is 14.0. The first kappa shape index (κ1) is 11.4. The SMILES string of the molecule is C=CC(=O)CC(C)CC(C)(C)C. The zero-order chi connectivity index (χ0) is 9.78. The lowest BCUT2D eigenvalue weighted by molar-refractivity contribution is -0.115. The summed E-state index contributed by atoms with van der Waals surface area (Å²) in [4.78, 5) is 11.0. The molecule has 0 amide bonds. The van der Waals surface area contributed by atoms with Crippen molar-refractivity contribution in [3.05, 3.63) is 12.7 Å². The molecule has 1 unspecified atom stereocenters. The molecule has 1 atom stereocenters. The van der Waals surface area contributed by atoms with E-state index in [0.717, 1.165) is 6.42 Å². The minimum absolute atomic E-state index is 0.159. The predicted molar refractivity (Wildman–Crippen MR) is 53.1 cm³/mol. The highest BCUT2D eigenvalue weighted by atomic mass is 16.1. The number of ketones is 1. The van der Waals surface area contributed by atoms with Crippen LogP contribution in [0.4, 0.5) is 0 Å². The van der Waals surface area contributed by atoms with Gasteiger partial charge in [-0.15, -0.1) is 0 Å². The van der Waals surface area contributed by atoms with Crippen LogP contribution >= 0.6 is 0 Å². The Bertz CT molecular complexity index is 162. The van der Waals surface area contributed by atoms with Gasteiger partial charge < -0.3 is 0 Å². The molecule has 1 heteroatoms. The molecule has 0 aromatic rings. The summed E-state index contributed by atoms with van der Waals surface area (Å²) >= 11 is 0. The minimum Gasteiger partial charge on any atom is -0.295 e. The zero-order valence-electron chi connectivity index (χ0n) is 8.68. The molecule has 0 rings (SSSR count). The standard InChI is InChI=1S/C11H20O/c1-6-10(12)7-9(2)8-11(3,4)5/h6,9H,1,7-8H2,2-5H3. The van der Waals surface area contributed by atoms with E-state index in [1.54, 1.807) is 0 Å². The summed E-state index contributed by atoms with van der Waals surface area (Å²) in [6.45, 7) is 12.2. The van der Waals surface area contributed by atoms with Crippen LogP contribution in [0.25, 0.3) is 0 Å². The lowest BCUT2D eigenvalue weighted by Gasteiger charge is -2.22. The van der Waals surface area contributed by atoms with Crippen LogP contribution in [0.3, 0.4) is 0 Å². The Morgan fingerprint density at radius 1 is 1.50 bits per heavy atom. The molecule has 0 aliphatic carbocycles. The summed E-state index contributed by atoms with van der Waals surface area (Å²) in [5.74, 6) is 0.627. The van der Waals surface area contributed by atoms with Gasteiger partial charge in [0.15, 0.2) is 5.78 Å². The van der Waals surface area contributed by atoms with Gasteiger partial charge in [-0.05, 0) is 23.8 Å². The van der Waals surface area contributed by atoms with Gasteiger partial charge in [0.25, 0.3) is 0 Å². The first-order valence-electron chi connectivity index (χ1n) is 4.50. The number of carbonyl (C=O) groups is 1. The Kier molecular flexibility index (Phi) is 4.22. The molecule has 0 aliphatic rings. The van der Waals surface area contributed by atoms with Crippen molar-refractivity contribution in [2.24, 2.45) is 11.3 Å². The van der Waals surface area contributed by atoms with Crippen molar-refractivity contribution in [2.75, 3.05) is 0 Å². The first-order chi connectivity index (χ1) is 5.35. The summed E-state index contributed by atoms with van der Waals surface area (Å²) in [5, 5.41) is 0. The number of carbonyl (C=O) groups excluding carboxylic acids is 1. The van der Waals surface area contributed by atoms with Crippen molar-refractivity contribution < 1.29 is 4.79 Å². The fourth-order valence-corrected chi connectivity index (χ4v) is 1.54. The molecule has 0 aliphatic heterocycles. The molecule has 0 fully saturated rings. The van der Waals surface area contributed by atoms with E-state index in [4.69, 9.17) is 0 Å². The van der Waals surface area contributed by atoms with E-state index in [-0.39, 0.29) is 5.78 Å². The lowest BCUT2D eigenvalue weighted by Crippen LogP contribution is -2.13. The van der Waals surface area contributed by atoms with Crippen LogP contribution in [0.15, 0.2) is 12.7 Å². The Morgan fingerprint density at radius 3 is 2.33 bits per heavy atom. The van der Waals surface area contributed by atoms with E-state index in [0.29, 0.717) is 17.8 Å². The molecule has 0 heterocycles. The zero-order valence-corrected chi connectivity index (χ0v) is 8.68. The monoisotopic (exact) mass is 168 g/mol. The summed E-state index contributed by atoms with van der Waals surface area (Å²) in [6, 6.07) is 0. The van der Waals surface area contributed by atoms with Crippen molar-refractivity contribution in [3.63, 3.8) is 0 Å². The van der Waals surface area contributed by atoms with E-state index in [1.165, 1.54) is 6.08 Å². The second-order valence-electron chi connectivity index (χ2n) is 4.74. The van der Waals surface area contributed by atoms with Crippen molar-refractivity contribution in [3.8, 4) is 0 Å². The fraction of sp³-hybridized carbons (Fsp3) is 0.727. The van der Waals surface area contributed by atoms with Crippen molar-refractivity contribution in [1.29, 1.82) is 0 Å². The maximum absolute atomic E-state index is 11.0. The molecule has 0 spiro atoms. The summed E-state index contributed by atoms with van der Waals surface area (Å²) in [7, 11) is 0.